The first-order valence-electron chi connectivity index (χ1n) is 9.89. The van der Waals surface area contributed by atoms with Gasteiger partial charge in [0, 0.05) is 38.3 Å². The van der Waals surface area contributed by atoms with Gasteiger partial charge in [0.15, 0.2) is 6.39 Å². The Morgan fingerprint density at radius 2 is 2.00 bits per heavy atom. The lowest BCUT2D eigenvalue weighted by atomic mass is 9.80. The molecule has 4 rings (SSSR count). The topological polar surface area (TPSA) is 75.4 Å². The van der Waals surface area contributed by atoms with Crippen LogP contribution < -0.4 is 5.32 Å². The Balaban J connectivity index is 1.46. The van der Waals surface area contributed by atoms with Crippen molar-refractivity contribution in [3.8, 4) is 0 Å². The molecule has 2 aliphatic rings. The van der Waals surface area contributed by atoms with Gasteiger partial charge in [-0.15, -0.1) is 0 Å². The number of hydrogen-bond acceptors (Lipinski definition) is 4. The first kappa shape index (κ1) is 20.4. The molecular formula is C21H22F3N3O3. The highest BCUT2D eigenvalue weighted by molar-refractivity contribution is 5.83. The molecule has 30 heavy (non-hydrogen) atoms. The third-order valence-corrected chi connectivity index (χ3v) is 5.76. The highest BCUT2D eigenvalue weighted by Gasteiger charge is 2.48. The van der Waals surface area contributed by atoms with Gasteiger partial charge in [0.2, 0.25) is 17.7 Å². The molecule has 0 radical (unpaired) electrons. The fourth-order valence-electron chi connectivity index (χ4n) is 4.02. The molecule has 1 aliphatic heterocycles. The summed E-state index contributed by atoms with van der Waals surface area (Å²) in [6.07, 6.45) is 0.923. The van der Waals surface area contributed by atoms with Gasteiger partial charge in [-0.25, -0.2) is 18.2 Å². The lowest BCUT2D eigenvalue weighted by molar-refractivity contribution is -0.150. The maximum absolute atomic E-state index is 13.4. The smallest absolute Gasteiger partial charge is 0.249 e. The normalized spacial score (nSPS) is 21.5. The number of fused-ring (bicyclic) bond motifs is 1. The van der Waals surface area contributed by atoms with Gasteiger partial charge in [-0.3, -0.25) is 9.59 Å². The summed E-state index contributed by atoms with van der Waals surface area (Å²) >= 11 is 0. The number of halogens is 3. The molecular weight excluding hydrogens is 399 g/mol. The number of alkyl halides is 2. The minimum atomic E-state index is -2.77. The van der Waals surface area contributed by atoms with Gasteiger partial charge in [0.1, 0.15) is 23.3 Å². The number of hydrogen-bond donors (Lipinski definition) is 1. The molecule has 2 atom stereocenters. The molecule has 160 valence electrons. The van der Waals surface area contributed by atoms with E-state index in [1.165, 1.54) is 18.5 Å². The van der Waals surface area contributed by atoms with Crippen molar-refractivity contribution >= 4 is 11.8 Å². The van der Waals surface area contributed by atoms with Crippen molar-refractivity contribution < 1.29 is 27.2 Å². The van der Waals surface area contributed by atoms with Crippen molar-refractivity contribution in [2.75, 3.05) is 13.1 Å². The number of nitrogens with one attached hydrogen (secondary N) is 1. The van der Waals surface area contributed by atoms with E-state index in [4.69, 9.17) is 4.42 Å². The summed E-state index contributed by atoms with van der Waals surface area (Å²) in [5, 5.41) is 2.61. The van der Waals surface area contributed by atoms with Gasteiger partial charge in [0.05, 0.1) is 5.92 Å². The van der Waals surface area contributed by atoms with Crippen LogP contribution in [-0.2, 0) is 16.0 Å². The number of carbonyl (C=O) groups is 2. The zero-order chi connectivity index (χ0) is 21.5. The summed E-state index contributed by atoms with van der Waals surface area (Å²) in [5.41, 5.74) is 1.31. The van der Waals surface area contributed by atoms with Gasteiger partial charge in [-0.1, -0.05) is 19.1 Å². The van der Waals surface area contributed by atoms with E-state index in [1.54, 1.807) is 24.0 Å². The minimum absolute atomic E-state index is 0.0536. The molecule has 2 amide bonds. The van der Waals surface area contributed by atoms with Crippen molar-refractivity contribution in [3.05, 3.63) is 53.5 Å². The van der Waals surface area contributed by atoms with Crippen LogP contribution in [0.5, 0.6) is 0 Å². The van der Waals surface area contributed by atoms with Crippen LogP contribution in [0.4, 0.5) is 13.2 Å². The number of carbonyl (C=O) groups excluding carboxylic acids is 2. The second-order valence-corrected chi connectivity index (χ2v) is 8.00. The molecule has 1 fully saturated rings. The average molecular weight is 421 g/mol. The monoisotopic (exact) mass is 421 g/mol. The number of amides is 2. The lowest BCUT2D eigenvalue weighted by Gasteiger charge is -2.37. The Morgan fingerprint density at radius 3 is 2.67 bits per heavy atom. The molecule has 1 aromatic carbocycles. The van der Waals surface area contributed by atoms with Crippen LogP contribution in [0.25, 0.3) is 0 Å². The van der Waals surface area contributed by atoms with Crippen molar-refractivity contribution in [3.63, 3.8) is 0 Å². The summed E-state index contributed by atoms with van der Waals surface area (Å²) in [7, 11) is 0. The zero-order valence-corrected chi connectivity index (χ0v) is 16.4. The molecule has 1 saturated carbocycles. The van der Waals surface area contributed by atoms with E-state index in [0.29, 0.717) is 30.0 Å². The summed E-state index contributed by atoms with van der Waals surface area (Å²) in [5.74, 6) is -4.40. The Kier molecular flexibility index (Phi) is 5.29. The summed E-state index contributed by atoms with van der Waals surface area (Å²) in [4.78, 5) is 31.1. The predicted octanol–water partition coefficient (Wildman–Crippen LogP) is 3.09. The van der Waals surface area contributed by atoms with Crippen LogP contribution in [0.1, 0.15) is 42.8 Å². The predicted molar refractivity (Wildman–Crippen MR) is 100 cm³/mol. The highest BCUT2D eigenvalue weighted by Crippen LogP contribution is 2.42. The number of rotatable bonds is 5. The first-order valence-corrected chi connectivity index (χ1v) is 9.89. The standard InChI is InChI=1S/C21H22F3N3O3/c1-12(10-25-19(28)14-8-21(23,24)9-14)20(29)27-7-6-16-17(26-11-30-16)18(27)13-2-4-15(22)5-3-13/h2-5,11-12,14,18H,6-10H2,1H3,(H,25,28)/t12-,18?/m0/s1. The first-order chi connectivity index (χ1) is 14.2. The SMILES string of the molecule is C[C@@H](CNC(=O)C1CC(F)(F)C1)C(=O)N1CCc2ocnc2C1c1ccc(F)cc1. The second kappa shape index (κ2) is 7.77. The Bertz CT molecular complexity index is 936. The number of aromatic nitrogens is 1. The molecule has 0 bridgehead atoms. The maximum atomic E-state index is 13.4. The largest absolute Gasteiger partial charge is 0.448 e. The second-order valence-electron chi connectivity index (χ2n) is 8.00. The molecule has 6 nitrogen and oxygen atoms in total. The summed E-state index contributed by atoms with van der Waals surface area (Å²) in [6, 6.07) is 5.33. The average Bonchev–Trinajstić information content (AvgIpc) is 3.18. The van der Waals surface area contributed by atoms with Crippen LogP contribution in [-0.4, -0.2) is 40.7 Å². The third-order valence-electron chi connectivity index (χ3n) is 5.76. The van der Waals surface area contributed by atoms with E-state index in [0.717, 1.165) is 0 Å². The minimum Gasteiger partial charge on any atom is -0.448 e. The van der Waals surface area contributed by atoms with Gasteiger partial charge in [0.25, 0.3) is 0 Å². The number of nitrogens with zero attached hydrogens (tertiary/aromatic N) is 2. The Labute approximate surface area is 171 Å². The maximum Gasteiger partial charge on any atom is 0.249 e. The Morgan fingerprint density at radius 1 is 1.30 bits per heavy atom. The van der Waals surface area contributed by atoms with Crippen LogP contribution >= 0.6 is 0 Å². The molecule has 1 aliphatic carbocycles. The fourth-order valence-corrected chi connectivity index (χ4v) is 4.02. The quantitative estimate of drug-likeness (QED) is 0.805. The van der Waals surface area contributed by atoms with E-state index in [1.807, 2.05) is 0 Å². The van der Waals surface area contributed by atoms with Crippen LogP contribution in [0.2, 0.25) is 0 Å². The van der Waals surface area contributed by atoms with E-state index >= 15 is 0 Å². The third kappa shape index (κ3) is 3.93. The lowest BCUT2D eigenvalue weighted by Crippen LogP contribution is -2.48. The van der Waals surface area contributed by atoms with Crippen molar-refractivity contribution in [2.24, 2.45) is 11.8 Å². The van der Waals surface area contributed by atoms with Gasteiger partial charge in [-0.05, 0) is 17.7 Å². The van der Waals surface area contributed by atoms with Crippen molar-refractivity contribution in [1.82, 2.24) is 15.2 Å². The van der Waals surface area contributed by atoms with Crippen LogP contribution in [0.15, 0.2) is 35.1 Å². The fraction of sp³-hybridized carbons (Fsp3) is 0.476. The Hall–Kier alpha value is -2.84. The summed E-state index contributed by atoms with van der Waals surface area (Å²) < 4.78 is 44.7. The molecule has 2 aromatic rings. The van der Waals surface area contributed by atoms with Gasteiger partial charge in [-0.2, -0.15) is 0 Å². The molecule has 2 heterocycles. The molecule has 1 aromatic heterocycles. The van der Waals surface area contributed by atoms with E-state index in [2.05, 4.69) is 10.3 Å². The zero-order valence-electron chi connectivity index (χ0n) is 16.4. The van der Waals surface area contributed by atoms with Crippen molar-refractivity contribution in [1.29, 1.82) is 0 Å². The van der Waals surface area contributed by atoms with Gasteiger partial charge >= 0.3 is 0 Å². The van der Waals surface area contributed by atoms with E-state index in [-0.39, 0.29) is 18.3 Å². The molecule has 0 saturated heterocycles. The van der Waals surface area contributed by atoms with E-state index in [9.17, 15) is 22.8 Å². The molecule has 1 N–H and O–H groups in total. The number of benzene rings is 1. The highest BCUT2D eigenvalue weighted by atomic mass is 19.3. The van der Waals surface area contributed by atoms with Gasteiger partial charge < -0.3 is 14.6 Å². The van der Waals surface area contributed by atoms with E-state index < -0.39 is 42.5 Å². The summed E-state index contributed by atoms with van der Waals surface area (Å²) in [6.45, 7) is 2.12. The molecule has 1 unspecified atom stereocenters. The van der Waals surface area contributed by atoms with Crippen molar-refractivity contribution in [2.45, 2.75) is 38.2 Å². The molecule has 0 spiro atoms. The number of oxazole rings is 1. The molecule has 9 heteroatoms. The van der Waals surface area contributed by atoms with Crippen LogP contribution in [0, 0.1) is 17.7 Å². The van der Waals surface area contributed by atoms with Crippen LogP contribution in [0.3, 0.4) is 0 Å².